The van der Waals surface area contributed by atoms with Crippen LogP contribution in [-0.2, 0) is 14.3 Å². The molecule has 0 aliphatic heterocycles. The zero-order valence-corrected chi connectivity index (χ0v) is 19.6. The number of hydrogen-bond donors (Lipinski definition) is 3. The Kier molecular flexibility index (Phi) is 6.12. The lowest BCUT2D eigenvalue weighted by Gasteiger charge is -2.56. The second-order valence-corrected chi connectivity index (χ2v) is 10.8. The summed E-state index contributed by atoms with van der Waals surface area (Å²) < 4.78 is 5.27. The van der Waals surface area contributed by atoms with Crippen LogP contribution in [-0.4, -0.2) is 29.7 Å². The summed E-state index contributed by atoms with van der Waals surface area (Å²) in [5, 5.41) is 14.1. The minimum Gasteiger partial charge on any atom is -0.466 e. The number of benzene rings is 1. The number of carbonyl (C=O) groups is 2. The third kappa shape index (κ3) is 4.63. The van der Waals surface area contributed by atoms with E-state index in [1.165, 1.54) is 19.3 Å². The fourth-order valence-corrected chi connectivity index (χ4v) is 7.25. The molecule has 1 atom stereocenters. The molecule has 4 N–H and O–H groups in total. The maximum absolute atomic E-state index is 13.9. The van der Waals surface area contributed by atoms with Crippen LogP contribution in [0.5, 0.6) is 0 Å². The van der Waals surface area contributed by atoms with E-state index in [9.17, 15) is 9.59 Å². The molecule has 5 aliphatic rings. The summed E-state index contributed by atoms with van der Waals surface area (Å²) in [6.07, 6.45) is 8.72. The number of quaternary nitrogens is 1. The number of para-hydroxylation sites is 1. The van der Waals surface area contributed by atoms with Crippen LogP contribution >= 0.6 is 0 Å². The Morgan fingerprint density at radius 1 is 1.09 bits per heavy atom. The maximum atomic E-state index is 13.9. The zero-order chi connectivity index (χ0) is 23.0. The highest BCUT2D eigenvalue weighted by Crippen LogP contribution is 2.55. The van der Waals surface area contributed by atoms with Crippen LogP contribution in [0.4, 0.5) is 5.69 Å². The Hall–Kier alpha value is -2.47. The fourth-order valence-electron chi connectivity index (χ4n) is 7.25. The fraction of sp³-hybridized carbons (Fsp3) is 0.593. The minimum absolute atomic E-state index is 0.0786. The van der Waals surface area contributed by atoms with E-state index in [2.05, 4.69) is 5.32 Å². The summed E-state index contributed by atoms with van der Waals surface area (Å²) in [5.74, 6) is 1.64. The van der Waals surface area contributed by atoms with Crippen LogP contribution in [0.3, 0.4) is 0 Å². The largest absolute Gasteiger partial charge is 0.466 e. The van der Waals surface area contributed by atoms with E-state index in [1.807, 2.05) is 42.6 Å². The van der Waals surface area contributed by atoms with Crippen LogP contribution in [0.25, 0.3) is 0 Å². The molecule has 1 unspecified atom stereocenters. The van der Waals surface area contributed by atoms with Crippen LogP contribution in [0.15, 0.2) is 41.6 Å². The molecule has 1 aromatic rings. The number of rotatable bonds is 6. The number of nitrogens with one attached hydrogen (secondary N) is 2. The predicted octanol–water partition coefficient (Wildman–Crippen LogP) is 3.60. The first-order valence-corrected chi connectivity index (χ1v) is 12.6. The summed E-state index contributed by atoms with van der Waals surface area (Å²) >= 11 is 0. The van der Waals surface area contributed by atoms with Crippen LogP contribution < -0.4 is 10.6 Å². The predicted molar refractivity (Wildman–Crippen MR) is 126 cm³/mol. The molecule has 4 bridgehead atoms. The lowest BCUT2D eigenvalue weighted by molar-refractivity contribution is -0.512. The summed E-state index contributed by atoms with van der Waals surface area (Å²) in [7, 11) is 0. The van der Waals surface area contributed by atoms with Crippen molar-refractivity contribution < 1.29 is 19.6 Å². The molecule has 5 saturated carbocycles. The second-order valence-electron chi connectivity index (χ2n) is 10.8. The highest BCUT2D eigenvalue weighted by Gasteiger charge is 2.52. The van der Waals surface area contributed by atoms with Crippen molar-refractivity contribution in [2.75, 3.05) is 6.61 Å². The van der Waals surface area contributed by atoms with Gasteiger partial charge in [0, 0.05) is 16.8 Å². The van der Waals surface area contributed by atoms with Crippen molar-refractivity contribution in [3.05, 3.63) is 41.6 Å². The number of esters is 1. The third-order valence-electron chi connectivity index (χ3n) is 8.27. The number of carbonyl (C=O) groups excluding carboxylic acids is 2. The van der Waals surface area contributed by atoms with Gasteiger partial charge in [0.2, 0.25) is 5.70 Å². The first-order valence-electron chi connectivity index (χ1n) is 12.6. The van der Waals surface area contributed by atoms with Gasteiger partial charge in [-0.15, -0.1) is 0 Å². The Balaban J connectivity index is 1.44. The molecule has 5 aliphatic carbocycles. The van der Waals surface area contributed by atoms with Gasteiger partial charge in [0.25, 0.3) is 0 Å². The average Bonchev–Trinajstić information content (AvgIpc) is 2.77. The molecule has 0 spiro atoms. The van der Waals surface area contributed by atoms with Crippen LogP contribution in [0.2, 0.25) is 0 Å². The highest BCUT2D eigenvalue weighted by atomic mass is 16.5. The quantitative estimate of drug-likeness (QED) is 0.351. The Morgan fingerprint density at radius 3 is 2.33 bits per heavy atom. The zero-order valence-electron chi connectivity index (χ0n) is 19.6. The SMILES string of the molecule is CCOC(=O)C1CCC(=N)C(=C([NH2+]c2ccccc2)C(=O)NC23CC4CC(CC(C4)C2)C3)C1. The van der Waals surface area contributed by atoms with E-state index < -0.39 is 0 Å². The van der Waals surface area contributed by atoms with Crippen molar-refractivity contribution in [3.63, 3.8) is 0 Å². The number of nitrogens with two attached hydrogens (primary N) is 1. The molecule has 0 radical (unpaired) electrons. The molecule has 6 nitrogen and oxygen atoms in total. The lowest BCUT2D eigenvalue weighted by atomic mass is 9.53. The van der Waals surface area contributed by atoms with Crippen LogP contribution in [0, 0.1) is 29.1 Å². The normalized spacial score (nSPS) is 34.2. The molecule has 33 heavy (non-hydrogen) atoms. The minimum atomic E-state index is -0.291. The molecule has 176 valence electrons. The molecule has 0 aromatic heterocycles. The van der Waals surface area contributed by atoms with Gasteiger partial charge in [-0.05, 0) is 94.6 Å². The first-order chi connectivity index (χ1) is 15.9. The molecule has 6 heteroatoms. The van der Waals surface area contributed by atoms with Crippen molar-refractivity contribution in [3.8, 4) is 0 Å². The highest BCUT2D eigenvalue weighted by molar-refractivity contribution is 6.06. The summed E-state index contributed by atoms with van der Waals surface area (Å²) in [6.45, 7) is 2.16. The Bertz CT molecular complexity index is 933. The van der Waals surface area contributed by atoms with Crippen molar-refractivity contribution >= 4 is 23.3 Å². The molecule has 6 rings (SSSR count). The van der Waals surface area contributed by atoms with Gasteiger partial charge >= 0.3 is 11.9 Å². The number of ether oxygens (including phenoxy) is 1. The van der Waals surface area contributed by atoms with E-state index in [0.29, 0.717) is 42.9 Å². The second kappa shape index (κ2) is 9.05. The first kappa shape index (κ1) is 22.3. The van der Waals surface area contributed by atoms with Gasteiger partial charge in [-0.1, -0.05) is 18.2 Å². The van der Waals surface area contributed by atoms with Gasteiger partial charge in [-0.3, -0.25) is 14.9 Å². The van der Waals surface area contributed by atoms with Crippen molar-refractivity contribution in [1.82, 2.24) is 5.32 Å². The summed E-state index contributed by atoms with van der Waals surface area (Å²) in [6, 6.07) is 9.83. The van der Waals surface area contributed by atoms with E-state index >= 15 is 0 Å². The molecule has 1 amide bonds. The van der Waals surface area contributed by atoms with Gasteiger partial charge in [0.05, 0.1) is 12.5 Å². The van der Waals surface area contributed by atoms with Crippen molar-refractivity contribution in [2.45, 2.75) is 70.3 Å². The number of amides is 1. The van der Waals surface area contributed by atoms with Crippen molar-refractivity contribution in [1.29, 1.82) is 5.41 Å². The van der Waals surface area contributed by atoms with E-state index in [0.717, 1.165) is 42.7 Å². The van der Waals surface area contributed by atoms with Gasteiger partial charge in [-0.25, -0.2) is 0 Å². The molecule has 5 fully saturated rings. The van der Waals surface area contributed by atoms with E-state index in [4.69, 9.17) is 10.1 Å². The van der Waals surface area contributed by atoms with E-state index in [1.54, 1.807) is 0 Å². The average molecular weight is 451 g/mol. The van der Waals surface area contributed by atoms with Gasteiger partial charge < -0.3 is 15.5 Å². The smallest absolute Gasteiger partial charge is 0.309 e. The number of hydrogen-bond acceptors (Lipinski definition) is 4. The topological polar surface area (TPSA) is 95.9 Å². The van der Waals surface area contributed by atoms with Gasteiger partial charge in [-0.2, -0.15) is 0 Å². The molecule has 0 saturated heterocycles. The van der Waals surface area contributed by atoms with E-state index in [-0.39, 0.29) is 23.3 Å². The van der Waals surface area contributed by atoms with Gasteiger partial charge in [0.15, 0.2) is 0 Å². The molecule has 1 aromatic carbocycles. The monoisotopic (exact) mass is 450 g/mol. The van der Waals surface area contributed by atoms with Gasteiger partial charge in [0.1, 0.15) is 5.69 Å². The molecular formula is C27H36N3O3+. The lowest BCUT2D eigenvalue weighted by Crippen LogP contribution is -2.80. The third-order valence-corrected chi connectivity index (χ3v) is 8.27. The molecule has 0 heterocycles. The summed E-state index contributed by atoms with van der Waals surface area (Å²) in [4.78, 5) is 26.3. The maximum Gasteiger partial charge on any atom is 0.309 e. The Morgan fingerprint density at radius 2 is 1.73 bits per heavy atom. The van der Waals surface area contributed by atoms with Crippen LogP contribution in [0.1, 0.15) is 64.7 Å². The summed E-state index contributed by atoms with van der Waals surface area (Å²) in [5.41, 5.74) is 2.56. The standard InChI is InChI=1S/C27H35N3O3/c1-2-33-26(32)20-8-9-23(28)22(13-20)24(29-21-6-4-3-5-7-21)25(31)30-27-14-17-10-18(15-27)12-19(11-17)16-27/h3-7,17-20,28-29H,2,8-16H2,1H3,(H,30,31)/p+1. The number of allylic oxidation sites excluding steroid dienone is 1. The Labute approximate surface area is 196 Å². The molecular weight excluding hydrogens is 414 g/mol. The van der Waals surface area contributed by atoms with Crippen molar-refractivity contribution in [2.24, 2.45) is 23.7 Å².